The van der Waals surface area contributed by atoms with Gasteiger partial charge in [0.2, 0.25) is 5.91 Å². The predicted molar refractivity (Wildman–Crippen MR) is 83.6 cm³/mol. The highest BCUT2D eigenvalue weighted by molar-refractivity contribution is 7.99. The lowest BCUT2D eigenvalue weighted by molar-refractivity contribution is -0.124. The molecule has 0 saturated carbocycles. The Labute approximate surface area is 131 Å². The fourth-order valence-corrected chi connectivity index (χ4v) is 2.92. The third kappa shape index (κ3) is 2.91. The highest BCUT2D eigenvalue weighted by Gasteiger charge is 2.26. The quantitative estimate of drug-likeness (QED) is 0.646. The van der Waals surface area contributed by atoms with E-state index >= 15 is 0 Å². The number of imide groups is 1. The van der Waals surface area contributed by atoms with E-state index in [1.54, 1.807) is 6.20 Å². The molecule has 3 rings (SSSR count). The van der Waals surface area contributed by atoms with Crippen LogP contribution in [-0.4, -0.2) is 45.3 Å². The summed E-state index contributed by atoms with van der Waals surface area (Å²) in [6.45, 7) is 0.906. The van der Waals surface area contributed by atoms with Crippen molar-refractivity contribution in [1.29, 1.82) is 0 Å². The maximum absolute atomic E-state index is 12.0. The van der Waals surface area contributed by atoms with Gasteiger partial charge in [0.25, 0.3) is 0 Å². The third-order valence-corrected chi connectivity index (χ3v) is 4.20. The van der Waals surface area contributed by atoms with Crippen molar-refractivity contribution in [2.24, 2.45) is 0 Å². The number of thioether (sulfide) groups is 1. The minimum Gasteiger partial charge on any atom is -0.337 e. The second kappa shape index (κ2) is 6.10. The summed E-state index contributed by atoms with van der Waals surface area (Å²) < 4.78 is 1.39. The zero-order chi connectivity index (χ0) is 15.5. The maximum atomic E-state index is 12.0. The van der Waals surface area contributed by atoms with Crippen LogP contribution in [0.15, 0.2) is 41.7 Å². The lowest BCUT2D eigenvalue weighted by Crippen LogP contribution is -2.35. The number of nitrogen functional groups attached to an aromatic ring is 1. The van der Waals surface area contributed by atoms with Crippen molar-refractivity contribution in [3.63, 3.8) is 0 Å². The van der Waals surface area contributed by atoms with Crippen LogP contribution in [0.25, 0.3) is 11.3 Å². The Balaban J connectivity index is 1.67. The second-order valence-corrected chi connectivity index (χ2v) is 5.69. The summed E-state index contributed by atoms with van der Waals surface area (Å²) in [5, 5.41) is 3.13. The third-order valence-electron chi connectivity index (χ3n) is 3.25. The van der Waals surface area contributed by atoms with E-state index in [0.29, 0.717) is 18.2 Å². The van der Waals surface area contributed by atoms with Crippen LogP contribution in [0.2, 0.25) is 0 Å². The minimum atomic E-state index is -0.341. The monoisotopic (exact) mass is 317 g/mol. The highest BCUT2D eigenvalue weighted by Crippen LogP contribution is 2.23. The van der Waals surface area contributed by atoms with Crippen LogP contribution in [-0.2, 0) is 4.79 Å². The molecule has 8 heteroatoms. The molecule has 1 fully saturated rings. The van der Waals surface area contributed by atoms with Gasteiger partial charge in [-0.3, -0.25) is 9.69 Å². The molecular weight excluding hydrogens is 302 g/mol. The number of nitrogens with one attached hydrogen (secondary N) is 1. The van der Waals surface area contributed by atoms with Gasteiger partial charge < -0.3 is 11.2 Å². The summed E-state index contributed by atoms with van der Waals surface area (Å²) in [5.74, 6) is 5.75. The summed E-state index contributed by atoms with van der Waals surface area (Å²) in [4.78, 5) is 29.0. The topological polar surface area (TPSA) is 93.2 Å². The molecule has 0 spiro atoms. The van der Waals surface area contributed by atoms with Crippen molar-refractivity contribution in [1.82, 2.24) is 19.9 Å². The van der Waals surface area contributed by atoms with Crippen LogP contribution in [0.4, 0.5) is 4.79 Å². The molecular formula is C14H15N5O2S. The molecule has 0 radical (unpaired) electrons. The lowest BCUT2D eigenvalue weighted by Gasteiger charge is -2.11. The van der Waals surface area contributed by atoms with Gasteiger partial charge in [0.05, 0.1) is 17.6 Å². The first-order valence-corrected chi connectivity index (χ1v) is 7.74. The lowest BCUT2D eigenvalue weighted by atomic mass is 10.2. The Morgan fingerprint density at radius 2 is 2.14 bits per heavy atom. The first kappa shape index (κ1) is 14.5. The molecule has 1 aromatic heterocycles. The Hall–Kier alpha value is -2.48. The van der Waals surface area contributed by atoms with Crippen LogP contribution in [0.1, 0.15) is 0 Å². The van der Waals surface area contributed by atoms with Gasteiger partial charge in [-0.25, -0.2) is 14.5 Å². The van der Waals surface area contributed by atoms with Gasteiger partial charge in [0.15, 0.2) is 5.16 Å². The molecule has 0 aliphatic carbocycles. The van der Waals surface area contributed by atoms with E-state index in [-0.39, 0.29) is 17.7 Å². The van der Waals surface area contributed by atoms with E-state index in [0.717, 1.165) is 11.3 Å². The van der Waals surface area contributed by atoms with E-state index in [2.05, 4.69) is 10.3 Å². The minimum absolute atomic E-state index is 0.121. The van der Waals surface area contributed by atoms with Crippen LogP contribution >= 0.6 is 11.8 Å². The van der Waals surface area contributed by atoms with Crippen LogP contribution in [0, 0.1) is 0 Å². The summed E-state index contributed by atoms with van der Waals surface area (Å²) >= 11 is 1.22. The molecule has 114 valence electrons. The number of hydrogen-bond donors (Lipinski definition) is 2. The number of benzene rings is 1. The van der Waals surface area contributed by atoms with E-state index in [9.17, 15) is 9.59 Å². The van der Waals surface area contributed by atoms with E-state index < -0.39 is 0 Å². The predicted octanol–water partition coefficient (Wildman–Crippen LogP) is 0.908. The number of amides is 3. The van der Waals surface area contributed by atoms with Gasteiger partial charge in [-0.2, -0.15) is 0 Å². The van der Waals surface area contributed by atoms with Crippen molar-refractivity contribution in [2.75, 3.05) is 24.7 Å². The van der Waals surface area contributed by atoms with Gasteiger partial charge in [-0.05, 0) is 0 Å². The molecule has 3 amide bonds. The average Bonchev–Trinajstić information content (AvgIpc) is 3.12. The number of carbonyl (C=O) groups excluding carboxylic acids is 2. The molecule has 0 atom stereocenters. The molecule has 2 heterocycles. The number of hydrogen-bond acceptors (Lipinski definition) is 5. The van der Waals surface area contributed by atoms with Crippen LogP contribution in [0.3, 0.4) is 0 Å². The Morgan fingerprint density at radius 3 is 2.82 bits per heavy atom. The molecule has 3 N–H and O–H groups in total. The number of nitrogens with two attached hydrogens (primary N) is 1. The smallest absolute Gasteiger partial charge is 0.324 e. The fourth-order valence-electron chi connectivity index (χ4n) is 2.15. The Kier molecular flexibility index (Phi) is 4.01. The fraction of sp³-hybridized carbons (Fsp3) is 0.214. The molecule has 0 bridgehead atoms. The first-order valence-electron chi connectivity index (χ1n) is 6.76. The van der Waals surface area contributed by atoms with Gasteiger partial charge in [-0.15, -0.1) is 0 Å². The molecule has 2 aromatic rings. The molecule has 1 aliphatic rings. The summed E-state index contributed by atoms with van der Waals surface area (Å²) in [7, 11) is 0. The SMILES string of the molecule is Nn1cc(-c2ccccc2)nc1SCC(=O)N1CCNC1=O. The Bertz CT molecular complexity index is 701. The highest BCUT2D eigenvalue weighted by atomic mass is 32.2. The number of aromatic nitrogens is 2. The van der Waals surface area contributed by atoms with Crippen molar-refractivity contribution in [2.45, 2.75) is 5.16 Å². The number of rotatable bonds is 4. The number of imidazole rings is 1. The van der Waals surface area contributed by atoms with Crippen molar-refractivity contribution in [3.8, 4) is 11.3 Å². The number of nitrogens with zero attached hydrogens (tertiary/aromatic N) is 3. The largest absolute Gasteiger partial charge is 0.337 e. The normalized spacial score (nSPS) is 14.2. The van der Waals surface area contributed by atoms with Gasteiger partial charge in [0, 0.05) is 18.7 Å². The number of carbonyl (C=O) groups is 2. The molecule has 1 aromatic carbocycles. The van der Waals surface area contributed by atoms with Gasteiger partial charge in [-0.1, -0.05) is 42.1 Å². The van der Waals surface area contributed by atoms with Gasteiger partial charge >= 0.3 is 6.03 Å². The standard InChI is InChI=1S/C14H15N5O2S/c15-19-8-11(10-4-2-1-3-5-10)17-14(19)22-9-12(20)18-7-6-16-13(18)21/h1-5,8H,6-7,9,15H2,(H,16,21). The molecule has 22 heavy (non-hydrogen) atoms. The first-order chi connectivity index (χ1) is 10.6. The molecule has 0 unspecified atom stereocenters. The zero-order valence-corrected chi connectivity index (χ0v) is 12.5. The Morgan fingerprint density at radius 1 is 1.36 bits per heavy atom. The van der Waals surface area contributed by atoms with E-state index in [1.807, 2.05) is 30.3 Å². The van der Waals surface area contributed by atoms with Crippen LogP contribution < -0.4 is 11.2 Å². The average molecular weight is 317 g/mol. The number of urea groups is 1. The second-order valence-electron chi connectivity index (χ2n) is 4.75. The molecule has 1 saturated heterocycles. The van der Waals surface area contributed by atoms with Crippen molar-refractivity contribution < 1.29 is 9.59 Å². The summed E-state index contributed by atoms with van der Waals surface area (Å²) in [6, 6.07) is 9.32. The summed E-state index contributed by atoms with van der Waals surface area (Å²) in [5.41, 5.74) is 1.70. The van der Waals surface area contributed by atoms with Gasteiger partial charge in [0.1, 0.15) is 0 Å². The summed E-state index contributed by atoms with van der Waals surface area (Å²) in [6.07, 6.45) is 1.71. The molecule has 7 nitrogen and oxygen atoms in total. The molecule has 1 aliphatic heterocycles. The maximum Gasteiger partial charge on any atom is 0.324 e. The van der Waals surface area contributed by atoms with Crippen molar-refractivity contribution in [3.05, 3.63) is 36.5 Å². The van der Waals surface area contributed by atoms with Crippen molar-refractivity contribution >= 4 is 23.7 Å². The van der Waals surface area contributed by atoms with E-state index in [1.165, 1.54) is 21.3 Å². The zero-order valence-electron chi connectivity index (χ0n) is 11.7. The van der Waals surface area contributed by atoms with E-state index in [4.69, 9.17) is 5.84 Å². The van der Waals surface area contributed by atoms with Crippen LogP contribution in [0.5, 0.6) is 0 Å².